The van der Waals surface area contributed by atoms with Gasteiger partial charge in [-0.15, -0.1) is 0 Å². The van der Waals surface area contributed by atoms with Gasteiger partial charge in [-0.2, -0.15) is 0 Å². The van der Waals surface area contributed by atoms with Crippen LogP contribution in [-0.2, 0) is 19.4 Å². The molecule has 2 unspecified atom stereocenters. The quantitative estimate of drug-likeness (QED) is 0.602. The highest BCUT2D eigenvalue weighted by atomic mass is 32.2. The molecule has 0 radical (unpaired) electrons. The van der Waals surface area contributed by atoms with Crippen LogP contribution < -0.4 is 10.6 Å². The lowest BCUT2D eigenvalue weighted by Crippen LogP contribution is -2.45. The number of amides is 1. The van der Waals surface area contributed by atoms with Gasteiger partial charge >= 0.3 is 0 Å². The zero-order chi connectivity index (χ0) is 13.6. The molecule has 2 atom stereocenters. The minimum absolute atomic E-state index is 0.104. The third-order valence-corrected chi connectivity index (χ3v) is 4.82. The molecule has 18 heavy (non-hydrogen) atoms. The van der Waals surface area contributed by atoms with Gasteiger partial charge in [-0.05, 0) is 12.8 Å². The van der Waals surface area contributed by atoms with Gasteiger partial charge in [0.05, 0.1) is 18.4 Å². The van der Waals surface area contributed by atoms with Crippen LogP contribution in [0.25, 0.3) is 0 Å². The van der Waals surface area contributed by atoms with Crippen molar-refractivity contribution in [2.75, 3.05) is 33.1 Å². The summed E-state index contributed by atoms with van der Waals surface area (Å²) in [7, 11) is -1.47. The Balaban J connectivity index is 2.32. The molecule has 1 aliphatic rings. The van der Waals surface area contributed by atoms with Crippen LogP contribution in [0.4, 0.5) is 0 Å². The van der Waals surface area contributed by atoms with E-state index in [4.69, 9.17) is 4.74 Å². The first-order valence-corrected chi connectivity index (χ1v) is 8.08. The monoisotopic (exact) mass is 278 g/mol. The van der Waals surface area contributed by atoms with Crippen LogP contribution in [0.2, 0.25) is 0 Å². The summed E-state index contributed by atoms with van der Waals surface area (Å²) in [6.07, 6.45) is 3.64. The van der Waals surface area contributed by atoms with Crippen LogP contribution in [0.3, 0.4) is 0 Å². The Morgan fingerprint density at radius 3 is 2.72 bits per heavy atom. The van der Waals surface area contributed by atoms with E-state index < -0.39 is 9.84 Å². The number of hydrogen-bond acceptors (Lipinski definition) is 5. The molecule has 1 saturated carbocycles. The lowest BCUT2D eigenvalue weighted by atomic mass is 10.2. The number of nitrogens with one attached hydrogen (secondary N) is 2. The second-order valence-corrected chi connectivity index (χ2v) is 6.89. The lowest BCUT2D eigenvalue weighted by Gasteiger charge is -2.19. The molecule has 0 aromatic carbocycles. The predicted octanol–water partition coefficient (Wildman–Crippen LogP) is -0.696. The second-order valence-electron chi connectivity index (χ2n) is 4.63. The number of sulfone groups is 1. The highest BCUT2D eigenvalue weighted by Crippen LogP contribution is 2.24. The molecule has 0 saturated heterocycles. The molecule has 6 nitrogen and oxygen atoms in total. The van der Waals surface area contributed by atoms with Crippen molar-refractivity contribution in [3.05, 3.63) is 0 Å². The first kappa shape index (κ1) is 15.4. The Bertz CT molecular complexity index is 369. The minimum Gasteiger partial charge on any atom is -0.383 e. The molecular formula is C11H22N2O4S. The van der Waals surface area contributed by atoms with Gasteiger partial charge < -0.3 is 15.4 Å². The van der Waals surface area contributed by atoms with E-state index in [1.165, 1.54) is 6.26 Å². The fourth-order valence-electron chi connectivity index (χ4n) is 2.25. The first-order valence-electron chi connectivity index (χ1n) is 6.13. The summed E-state index contributed by atoms with van der Waals surface area (Å²) in [5.41, 5.74) is 0. The van der Waals surface area contributed by atoms with Gasteiger partial charge in [0, 0.05) is 26.0 Å². The van der Waals surface area contributed by atoms with E-state index in [1.807, 2.05) is 0 Å². The molecule has 1 amide bonds. The molecule has 106 valence electrons. The summed E-state index contributed by atoms with van der Waals surface area (Å²) in [4.78, 5) is 11.5. The number of rotatable bonds is 7. The van der Waals surface area contributed by atoms with Gasteiger partial charge in [0.1, 0.15) is 0 Å². The Morgan fingerprint density at radius 1 is 1.39 bits per heavy atom. The molecular weight excluding hydrogens is 256 g/mol. The van der Waals surface area contributed by atoms with E-state index in [0.717, 1.165) is 12.8 Å². The molecule has 1 aliphatic carbocycles. The first-order chi connectivity index (χ1) is 8.45. The maximum atomic E-state index is 11.5. The summed E-state index contributed by atoms with van der Waals surface area (Å²) in [5.74, 6) is -0.133. The molecule has 0 bridgehead atoms. The standard InChI is InChI=1S/C11H22N2O4S/c1-17-7-6-12-11(14)8-13-9-4-3-5-10(9)18(2,15)16/h9-10,13H,3-8H2,1-2H3,(H,12,14). The number of hydrogen-bond donors (Lipinski definition) is 2. The zero-order valence-electron chi connectivity index (χ0n) is 10.9. The van der Waals surface area contributed by atoms with E-state index >= 15 is 0 Å². The van der Waals surface area contributed by atoms with Crippen molar-refractivity contribution in [1.29, 1.82) is 0 Å². The van der Waals surface area contributed by atoms with E-state index in [1.54, 1.807) is 7.11 Å². The second kappa shape index (κ2) is 7.06. The van der Waals surface area contributed by atoms with Gasteiger partial charge in [-0.25, -0.2) is 8.42 Å². The maximum absolute atomic E-state index is 11.5. The van der Waals surface area contributed by atoms with Crippen molar-refractivity contribution in [3.8, 4) is 0 Å². The van der Waals surface area contributed by atoms with Crippen molar-refractivity contribution < 1.29 is 17.9 Å². The van der Waals surface area contributed by atoms with Crippen LogP contribution in [0.15, 0.2) is 0 Å². The average Bonchev–Trinajstić information content (AvgIpc) is 2.74. The highest BCUT2D eigenvalue weighted by molar-refractivity contribution is 7.91. The van der Waals surface area contributed by atoms with Gasteiger partial charge in [0.2, 0.25) is 5.91 Å². The van der Waals surface area contributed by atoms with Gasteiger partial charge in [-0.1, -0.05) is 6.42 Å². The normalized spacial score (nSPS) is 24.1. The smallest absolute Gasteiger partial charge is 0.234 e. The summed E-state index contributed by atoms with van der Waals surface area (Å²) >= 11 is 0. The molecule has 1 fully saturated rings. The molecule has 0 aliphatic heterocycles. The molecule has 7 heteroatoms. The molecule has 1 rings (SSSR count). The summed E-state index contributed by atoms with van der Waals surface area (Å²) in [6, 6.07) is -0.104. The number of carbonyl (C=O) groups is 1. The van der Waals surface area contributed by atoms with Gasteiger partial charge in [-0.3, -0.25) is 4.79 Å². The number of ether oxygens (including phenoxy) is 1. The average molecular weight is 278 g/mol. The van der Waals surface area contributed by atoms with E-state index in [-0.39, 0.29) is 23.7 Å². The van der Waals surface area contributed by atoms with Gasteiger partial charge in [0.15, 0.2) is 9.84 Å². The molecule has 0 aromatic heterocycles. The lowest BCUT2D eigenvalue weighted by molar-refractivity contribution is -0.120. The minimum atomic E-state index is -3.03. The van der Waals surface area contributed by atoms with Crippen molar-refractivity contribution >= 4 is 15.7 Å². The van der Waals surface area contributed by atoms with E-state index in [2.05, 4.69) is 10.6 Å². The SMILES string of the molecule is COCCNC(=O)CNC1CCCC1S(C)(=O)=O. The fraction of sp³-hybridized carbons (Fsp3) is 0.909. The fourth-order valence-corrected chi connectivity index (χ4v) is 3.67. The molecule has 0 heterocycles. The van der Waals surface area contributed by atoms with Crippen LogP contribution in [0.5, 0.6) is 0 Å². The maximum Gasteiger partial charge on any atom is 0.234 e. The summed E-state index contributed by atoms with van der Waals surface area (Å²) < 4.78 is 27.9. The largest absolute Gasteiger partial charge is 0.383 e. The zero-order valence-corrected chi connectivity index (χ0v) is 11.8. The Hall–Kier alpha value is -0.660. The van der Waals surface area contributed by atoms with Crippen molar-refractivity contribution in [1.82, 2.24) is 10.6 Å². The van der Waals surface area contributed by atoms with Crippen LogP contribution >= 0.6 is 0 Å². The summed E-state index contributed by atoms with van der Waals surface area (Å²) in [6.45, 7) is 1.10. The van der Waals surface area contributed by atoms with Gasteiger partial charge in [0.25, 0.3) is 0 Å². The Morgan fingerprint density at radius 2 is 2.11 bits per heavy atom. The van der Waals surface area contributed by atoms with Crippen LogP contribution in [-0.4, -0.2) is 58.7 Å². The van der Waals surface area contributed by atoms with E-state index in [0.29, 0.717) is 19.6 Å². The van der Waals surface area contributed by atoms with E-state index in [9.17, 15) is 13.2 Å². The van der Waals surface area contributed by atoms with Crippen molar-refractivity contribution in [3.63, 3.8) is 0 Å². The Kier molecular flexibility index (Phi) is 6.04. The van der Waals surface area contributed by atoms with Crippen LogP contribution in [0.1, 0.15) is 19.3 Å². The van der Waals surface area contributed by atoms with Crippen molar-refractivity contribution in [2.45, 2.75) is 30.6 Å². The molecule has 0 spiro atoms. The van der Waals surface area contributed by atoms with Crippen LogP contribution in [0, 0.1) is 0 Å². The summed E-state index contributed by atoms with van der Waals surface area (Å²) in [5, 5.41) is 5.36. The number of carbonyl (C=O) groups excluding carboxylic acids is 1. The Labute approximate surface area is 108 Å². The molecule has 2 N–H and O–H groups in total. The number of methoxy groups -OCH3 is 1. The third-order valence-electron chi connectivity index (χ3n) is 3.16. The van der Waals surface area contributed by atoms with Crippen molar-refractivity contribution in [2.24, 2.45) is 0 Å². The predicted molar refractivity (Wildman–Crippen MR) is 69.2 cm³/mol. The molecule has 0 aromatic rings. The third kappa shape index (κ3) is 4.91. The highest BCUT2D eigenvalue weighted by Gasteiger charge is 2.34. The topological polar surface area (TPSA) is 84.5 Å².